The number of ether oxygens (including phenoxy) is 1. The van der Waals surface area contributed by atoms with Gasteiger partial charge in [0.15, 0.2) is 0 Å². The molecule has 0 aliphatic carbocycles. The fourth-order valence-corrected chi connectivity index (χ4v) is 3.15. The number of hydrogen-bond acceptors (Lipinski definition) is 2. The highest BCUT2D eigenvalue weighted by Gasteiger charge is 2.12. The largest absolute Gasteiger partial charge is 0.486 e. The minimum atomic E-state index is 0.405. The Kier molecular flexibility index (Phi) is 4.63. The Morgan fingerprint density at radius 1 is 0.962 bits per heavy atom. The molecule has 0 saturated heterocycles. The molecule has 4 heteroatoms. The van der Waals surface area contributed by atoms with Crippen molar-refractivity contribution in [1.82, 2.24) is 9.55 Å². The second-order valence-corrected chi connectivity index (χ2v) is 6.77. The lowest BCUT2D eigenvalue weighted by atomic mass is 10.2. The zero-order valence-electron chi connectivity index (χ0n) is 14.5. The lowest BCUT2D eigenvalue weighted by Gasteiger charge is -2.11. The van der Waals surface area contributed by atoms with Gasteiger partial charge in [-0.05, 0) is 42.8 Å². The van der Waals surface area contributed by atoms with Crippen LogP contribution in [-0.2, 0) is 13.2 Å². The molecule has 0 unspecified atom stereocenters. The summed E-state index contributed by atoms with van der Waals surface area (Å²) in [6, 6.07) is 24.2. The van der Waals surface area contributed by atoms with E-state index in [0.717, 1.165) is 29.2 Å². The van der Waals surface area contributed by atoms with Gasteiger partial charge in [-0.2, -0.15) is 0 Å². The van der Waals surface area contributed by atoms with Crippen LogP contribution in [0.15, 0.2) is 72.8 Å². The lowest BCUT2D eigenvalue weighted by molar-refractivity contribution is 0.291. The molecular formula is C22H19ClN2O. The molecule has 3 nitrogen and oxygen atoms in total. The van der Waals surface area contributed by atoms with E-state index in [4.69, 9.17) is 21.3 Å². The highest BCUT2D eigenvalue weighted by molar-refractivity contribution is 6.31. The maximum Gasteiger partial charge on any atom is 0.148 e. The van der Waals surface area contributed by atoms with E-state index in [0.29, 0.717) is 11.6 Å². The van der Waals surface area contributed by atoms with E-state index in [1.165, 1.54) is 11.1 Å². The van der Waals surface area contributed by atoms with E-state index in [1.807, 2.05) is 60.7 Å². The van der Waals surface area contributed by atoms with Crippen molar-refractivity contribution in [2.45, 2.75) is 20.1 Å². The molecule has 0 amide bonds. The maximum absolute atomic E-state index is 6.15. The van der Waals surface area contributed by atoms with Crippen LogP contribution in [0, 0.1) is 6.92 Å². The number of nitrogens with zero attached hydrogens (tertiary/aromatic N) is 2. The third-order valence-corrected chi connectivity index (χ3v) is 4.60. The van der Waals surface area contributed by atoms with Crippen LogP contribution in [0.2, 0.25) is 5.02 Å². The first-order valence-corrected chi connectivity index (χ1v) is 8.95. The number of aromatic nitrogens is 2. The van der Waals surface area contributed by atoms with Gasteiger partial charge in [-0.25, -0.2) is 4.98 Å². The van der Waals surface area contributed by atoms with Gasteiger partial charge >= 0.3 is 0 Å². The molecule has 1 aromatic heterocycles. The second kappa shape index (κ2) is 7.22. The second-order valence-electron chi connectivity index (χ2n) is 6.33. The van der Waals surface area contributed by atoms with Gasteiger partial charge in [-0.3, -0.25) is 0 Å². The van der Waals surface area contributed by atoms with Gasteiger partial charge in [0.25, 0.3) is 0 Å². The molecule has 26 heavy (non-hydrogen) atoms. The average Bonchev–Trinajstić information content (AvgIpc) is 2.98. The standard InChI is InChI=1S/C22H19ClN2O/c1-16-7-10-19(11-8-16)26-15-22-24-20-13-18(23)9-12-21(20)25(22)14-17-5-3-2-4-6-17/h2-13H,14-15H2,1H3. The SMILES string of the molecule is Cc1ccc(OCc2nc3cc(Cl)ccc3n2Cc2ccccc2)cc1. The summed E-state index contributed by atoms with van der Waals surface area (Å²) in [4.78, 5) is 4.76. The summed E-state index contributed by atoms with van der Waals surface area (Å²) in [7, 11) is 0. The number of rotatable bonds is 5. The third-order valence-electron chi connectivity index (χ3n) is 4.36. The highest BCUT2D eigenvalue weighted by Crippen LogP contribution is 2.23. The van der Waals surface area contributed by atoms with E-state index < -0.39 is 0 Å². The van der Waals surface area contributed by atoms with E-state index >= 15 is 0 Å². The monoisotopic (exact) mass is 362 g/mol. The zero-order valence-corrected chi connectivity index (χ0v) is 15.3. The molecule has 0 spiro atoms. The summed E-state index contributed by atoms with van der Waals surface area (Å²) < 4.78 is 8.16. The molecule has 0 bridgehead atoms. The topological polar surface area (TPSA) is 27.1 Å². The van der Waals surface area contributed by atoms with Crippen LogP contribution in [-0.4, -0.2) is 9.55 Å². The minimum absolute atomic E-state index is 0.405. The van der Waals surface area contributed by atoms with Crippen LogP contribution in [0.5, 0.6) is 5.75 Å². The molecule has 0 aliphatic rings. The molecular weight excluding hydrogens is 344 g/mol. The number of hydrogen-bond donors (Lipinski definition) is 0. The molecule has 0 atom stereocenters. The summed E-state index contributed by atoms with van der Waals surface area (Å²) in [5.74, 6) is 1.72. The fourth-order valence-electron chi connectivity index (χ4n) is 2.99. The van der Waals surface area contributed by atoms with Crippen LogP contribution in [0.25, 0.3) is 11.0 Å². The summed E-state index contributed by atoms with van der Waals surface area (Å²) in [6.45, 7) is 3.21. The summed E-state index contributed by atoms with van der Waals surface area (Å²) in [6.07, 6.45) is 0. The zero-order chi connectivity index (χ0) is 17.9. The van der Waals surface area contributed by atoms with Gasteiger partial charge in [-0.15, -0.1) is 0 Å². The molecule has 0 aliphatic heterocycles. The van der Waals surface area contributed by atoms with Crippen molar-refractivity contribution in [2.75, 3.05) is 0 Å². The average molecular weight is 363 g/mol. The molecule has 0 N–H and O–H groups in total. The van der Waals surface area contributed by atoms with Crippen molar-refractivity contribution in [3.8, 4) is 5.75 Å². The van der Waals surface area contributed by atoms with E-state index in [1.54, 1.807) is 0 Å². The van der Waals surface area contributed by atoms with Gasteiger partial charge in [0.2, 0.25) is 0 Å². The molecule has 3 aromatic carbocycles. The molecule has 0 radical (unpaired) electrons. The number of imidazole rings is 1. The Morgan fingerprint density at radius 3 is 2.50 bits per heavy atom. The number of fused-ring (bicyclic) bond motifs is 1. The quantitative estimate of drug-likeness (QED) is 0.460. The van der Waals surface area contributed by atoms with Gasteiger partial charge in [0.1, 0.15) is 18.2 Å². The number of halogens is 1. The Bertz CT molecular complexity index is 1020. The van der Waals surface area contributed by atoms with Crippen molar-refractivity contribution in [3.05, 3.63) is 94.8 Å². The van der Waals surface area contributed by atoms with E-state index in [-0.39, 0.29) is 0 Å². The normalized spacial score (nSPS) is 11.0. The molecule has 4 rings (SSSR count). The smallest absolute Gasteiger partial charge is 0.148 e. The van der Waals surface area contributed by atoms with Crippen LogP contribution >= 0.6 is 11.6 Å². The van der Waals surface area contributed by atoms with Gasteiger partial charge in [0.05, 0.1) is 11.0 Å². The summed E-state index contributed by atoms with van der Waals surface area (Å²) in [5, 5.41) is 0.688. The molecule has 1 heterocycles. The van der Waals surface area contributed by atoms with E-state index in [9.17, 15) is 0 Å². The Labute approximate surface area is 157 Å². The van der Waals surface area contributed by atoms with Crippen LogP contribution in [0.3, 0.4) is 0 Å². The summed E-state index contributed by atoms with van der Waals surface area (Å²) in [5.41, 5.74) is 4.37. The van der Waals surface area contributed by atoms with Crippen LogP contribution in [0.1, 0.15) is 17.0 Å². The first-order chi connectivity index (χ1) is 12.7. The Balaban J connectivity index is 1.67. The van der Waals surface area contributed by atoms with E-state index in [2.05, 4.69) is 23.6 Å². The number of aryl methyl sites for hydroxylation is 1. The highest BCUT2D eigenvalue weighted by atomic mass is 35.5. The lowest BCUT2D eigenvalue weighted by Crippen LogP contribution is -2.08. The van der Waals surface area contributed by atoms with Crippen molar-refractivity contribution in [3.63, 3.8) is 0 Å². The van der Waals surface area contributed by atoms with Gasteiger partial charge in [0, 0.05) is 11.6 Å². The van der Waals surface area contributed by atoms with Crippen molar-refractivity contribution >= 4 is 22.6 Å². The molecule has 130 valence electrons. The molecule has 0 fully saturated rings. The predicted octanol–water partition coefficient (Wildman–Crippen LogP) is 5.63. The van der Waals surface area contributed by atoms with Gasteiger partial charge in [-0.1, -0.05) is 59.6 Å². The molecule has 0 saturated carbocycles. The predicted molar refractivity (Wildman–Crippen MR) is 106 cm³/mol. The molecule has 4 aromatic rings. The van der Waals surface area contributed by atoms with Gasteiger partial charge < -0.3 is 9.30 Å². The van der Waals surface area contributed by atoms with Crippen molar-refractivity contribution in [1.29, 1.82) is 0 Å². The maximum atomic E-state index is 6.15. The van der Waals surface area contributed by atoms with Crippen molar-refractivity contribution in [2.24, 2.45) is 0 Å². The third kappa shape index (κ3) is 3.58. The first-order valence-electron chi connectivity index (χ1n) is 8.57. The first kappa shape index (κ1) is 16.7. The van der Waals surface area contributed by atoms with Crippen molar-refractivity contribution < 1.29 is 4.74 Å². The Morgan fingerprint density at radius 2 is 1.73 bits per heavy atom. The number of benzene rings is 3. The fraction of sp³-hybridized carbons (Fsp3) is 0.136. The van der Waals surface area contributed by atoms with Crippen LogP contribution in [0.4, 0.5) is 0 Å². The van der Waals surface area contributed by atoms with Crippen LogP contribution < -0.4 is 4.74 Å². The Hall–Kier alpha value is -2.78. The summed E-state index contributed by atoms with van der Waals surface area (Å²) >= 11 is 6.15. The minimum Gasteiger partial charge on any atom is -0.486 e.